The molecule has 2 aromatic heterocycles. The molecule has 0 atom stereocenters. The Balaban J connectivity index is 1.84. The third kappa shape index (κ3) is 5.04. The molecule has 152 valence electrons. The number of nitrogens with two attached hydrogens (primary N) is 1. The van der Waals surface area contributed by atoms with E-state index >= 15 is 0 Å². The van der Waals surface area contributed by atoms with Gasteiger partial charge in [0.05, 0.1) is 36.9 Å². The molecule has 2 heterocycles. The van der Waals surface area contributed by atoms with E-state index in [2.05, 4.69) is 30.2 Å². The first kappa shape index (κ1) is 20.2. The summed E-state index contributed by atoms with van der Waals surface area (Å²) in [7, 11) is 1.59. The lowest BCUT2D eigenvalue weighted by atomic mass is 10.1. The third-order valence-electron chi connectivity index (χ3n) is 4.31. The number of ether oxygens (including phenoxy) is 2. The third-order valence-corrected chi connectivity index (χ3v) is 4.31. The van der Waals surface area contributed by atoms with Crippen molar-refractivity contribution in [3.05, 3.63) is 54.4 Å². The van der Waals surface area contributed by atoms with Crippen molar-refractivity contribution in [1.82, 2.24) is 20.1 Å². The van der Waals surface area contributed by atoms with Crippen LogP contribution in [-0.4, -0.2) is 41.1 Å². The minimum Gasteiger partial charge on any atom is -0.492 e. The fourth-order valence-corrected chi connectivity index (χ4v) is 2.77. The van der Waals surface area contributed by atoms with Crippen molar-refractivity contribution in [3.63, 3.8) is 0 Å². The van der Waals surface area contributed by atoms with Gasteiger partial charge in [-0.15, -0.1) is 0 Å². The molecular formula is C21H25N5O3. The highest BCUT2D eigenvalue weighted by molar-refractivity contribution is 5.71. The van der Waals surface area contributed by atoms with Gasteiger partial charge in [0.1, 0.15) is 12.4 Å². The molecule has 8 nitrogen and oxygen atoms in total. The number of rotatable bonds is 8. The van der Waals surface area contributed by atoms with Gasteiger partial charge in [-0.25, -0.2) is 14.5 Å². The van der Waals surface area contributed by atoms with E-state index in [1.807, 2.05) is 41.1 Å². The highest BCUT2D eigenvalue weighted by Gasteiger charge is 2.14. The van der Waals surface area contributed by atoms with Crippen LogP contribution >= 0.6 is 0 Å². The Bertz CT molecular complexity index is 949. The van der Waals surface area contributed by atoms with Crippen LogP contribution in [-0.2, 0) is 0 Å². The van der Waals surface area contributed by atoms with Crippen LogP contribution in [0.15, 0.2) is 48.7 Å². The zero-order valence-corrected chi connectivity index (χ0v) is 16.8. The first-order valence-corrected chi connectivity index (χ1v) is 9.35. The van der Waals surface area contributed by atoms with Gasteiger partial charge in [-0.05, 0) is 42.3 Å². The number of urea groups is 1. The summed E-state index contributed by atoms with van der Waals surface area (Å²) in [5.74, 6) is 1.56. The number of methoxy groups -OCH3 is 1. The number of primary amides is 1. The van der Waals surface area contributed by atoms with Gasteiger partial charge >= 0.3 is 6.03 Å². The number of hydrogen-bond donors (Lipinski definition) is 2. The van der Waals surface area contributed by atoms with Crippen LogP contribution in [0.25, 0.3) is 16.9 Å². The molecule has 3 rings (SSSR count). The Hall–Kier alpha value is -3.55. The fourth-order valence-electron chi connectivity index (χ4n) is 2.77. The van der Waals surface area contributed by atoms with Crippen LogP contribution in [0.2, 0.25) is 0 Å². The number of pyridine rings is 1. The van der Waals surface area contributed by atoms with Crippen LogP contribution in [0.4, 0.5) is 4.79 Å². The molecule has 0 radical (unpaired) electrons. The Labute approximate surface area is 169 Å². The maximum Gasteiger partial charge on any atom is 0.312 e. The lowest BCUT2D eigenvalue weighted by molar-refractivity contribution is 0.244. The molecule has 3 aromatic rings. The van der Waals surface area contributed by atoms with Crippen molar-refractivity contribution in [3.8, 4) is 28.6 Å². The molecule has 0 bridgehead atoms. The number of benzene rings is 1. The minimum absolute atomic E-state index is 0.293. The zero-order chi connectivity index (χ0) is 20.8. The van der Waals surface area contributed by atoms with E-state index < -0.39 is 6.03 Å². The number of nitrogens with one attached hydrogen (secondary N) is 1. The second-order valence-corrected chi connectivity index (χ2v) is 6.74. The topological polar surface area (TPSA) is 104 Å². The first-order valence-electron chi connectivity index (χ1n) is 9.35. The quantitative estimate of drug-likeness (QED) is 0.570. The van der Waals surface area contributed by atoms with Crippen molar-refractivity contribution >= 4 is 6.03 Å². The number of hydrogen-bond acceptors (Lipinski definition) is 5. The molecule has 0 aliphatic carbocycles. The van der Waals surface area contributed by atoms with E-state index in [1.165, 1.54) is 0 Å². The van der Waals surface area contributed by atoms with Crippen molar-refractivity contribution in [1.29, 1.82) is 0 Å². The maximum absolute atomic E-state index is 10.7. The average Bonchev–Trinajstić information content (AvgIpc) is 3.17. The number of carbonyl (C=O) groups excluding carboxylic acids is 1. The monoisotopic (exact) mass is 395 g/mol. The highest BCUT2D eigenvalue weighted by Crippen LogP contribution is 2.28. The van der Waals surface area contributed by atoms with Crippen LogP contribution in [0, 0.1) is 0 Å². The first-order chi connectivity index (χ1) is 14.0. The van der Waals surface area contributed by atoms with E-state index in [9.17, 15) is 4.79 Å². The second-order valence-electron chi connectivity index (χ2n) is 6.74. The second kappa shape index (κ2) is 9.09. The summed E-state index contributed by atoms with van der Waals surface area (Å²) in [6.07, 6.45) is 1.74. The molecule has 29 heavy (non-hydrogen) atoms. The number of amides is 2. The molecule has 0 fully saturated rings. The van der Waals surface area contributed by atoms with Gasteiger partial charge in [-0.1, -0.05) is 13.8 Å². The fraction of sp³-hybridized carbons (Fsp3) is 0.286. The molecule has 0 spiro atoms. The summed E-state index contributed by atoms with van der Waals surface area (Å²) in [6.45, 7) is 4.92. The van der Waals surface area contributed by atoms with Gasteiger partial charge < -0.3 is 20.5 Å². The minimum atomic E-state index is -0.564. The van der Waals surface area contributed by atoms with Crippen molar-refractivity contribution in [2.75, 3.05) is 20.3 Å². The highest BCUT2D eigenvalue weighted by atomic mass is 16.5. The Morgan fingerprint density at radius 2 is 1.97 bits per heavy atom. The molecule has 8 heteroatoms. The molecule has 0 unspecified atom stereocenters. The van der Waals surface area contributed by atoms with E-state index in [-0.39, 0.29) is 0 Å². The summed E-state index contributed by atoms with van der Waals surface area (Å²) in [6, 6.07) is 13.0. The Morgan fingerprint density at radius 3 is 2.55 bits per heavy atom. The normalized spacial score (nSPS) is 10.8. The number of aromatic nitrogens is 3. The van der Waals surface area contributed by atoms with Gasteiger partial charge in [0.25, 0.3) is 0 Å². The summed E-state index contributed by atoms with van der Waals surface area (Å²) in [5, 5.41) is 7.25. The standard InChI is InChI=1S/C21H25N5O3/c1-14(2)18-12-19(26(25-18)16-6-9-20(28-3)24-13-16)15-4-7-17(8-5-15)29-11-10-23-21(22)27/h4-9,12-14H,10-11H2,1-3H3,(H3,22,23,27). The van der Waals surface area contributed by atoms with E-state index in [4.69, 9.17) is 20.3 Å². The van der Waals surface area contributed by atoms with E-state index in [0.29, 0.717) is 30.7 Å². The number of carbonyl (C=O) groups is 1. The molecule has 0 aliphatic heterocycles. The van der Waals surface area contributed by atoms with E-state index in [1.54, 1.807) is 13.3 Å². The van der Waals surface area contributed by atoms with Gasteiger partial charge in [0.2, 0.25) is 5.88 Å². The Kier molecular flexibility index (Phi) is 6.33. The molecule has 0 saturated heterocycles. The summed E-state index contributed by atoms with van der Waals surface area (Å²) < 4.78 is 12.6. The van der Waals surface area contributed by atoms with Crippen molar-refractivity contribution < 1.29 is 14.3 Å². The SMILES string of the molecule is COc1ccc(-n2nc(C(C)C)cc2-c2ccc(OCCNC(N)=O)cc2)cn1. The summed E-state index contributed by atoms with van der Waals surface area (Å²) in [5.41, 5.74) is 8.84. The van der Waals surface area contributed by atoms with Gasteiger partial charge in [-0.2, -0.15) is 5.10 Å². The lowest BCUT2D eigenvalue weighted by Crippen LogP contribution is -2.32. The lowest BCUT2D eigenvalue weighted by Gasteiger charge is -2.10. The van der Waals surface area contributed by atoms with Crippen LogP contribution in [0.5, 0.6) is 11.6 Å². The van der Waals surface area contributed by atoms with Crippen LogP contribution in [0.3, 0.4) is 0 Å². The largest absolute Gasteiger partial charge is 0.492 e. The van der Waals surface area contributed by atoms with Crippen LogP contribution in [0.1, 0.15) is 25.5 Å². The molecule has 0 aliphatic rings. The molecular weight excluding hydrogens is 370 g/mol. The average molecular weight is 395 g/mol. The molecule has 1 aromatic carbocycles. The van der Waals surface area contributed by atoms with Gasteiger partial charge in [0, 0.05) is 11.6 Å². The van der Waals surface area contributed by atoms with Gasteiger partial charge in [-0.3, -0.25) is 0 Å². The predicted molar refractivity (Wildman–Crippen MR) is 111 cm³/mol. The maximum atomic E-state index is 10.7. The molecule has 3 N–H and O–H groups in total. The van der Waals surface area contributed by atoms with Crippen molar-refractivity contribution in [2.24, 2.45) is 5.73 Å². The van der Waals surface area contributed by atoms with Crippen molar-refractivity contribution in [2.45, 2.75) is 19.8 Å². The summed E-state index contributed by atoms with van der Waals surface area (Å²) >= 11 is 0. The molecule has 2 amide bonds. The van der Waals surface area contributed by atoms with Gasteiger partial charge in [0.15, 0.2) is 0 Å². The summed E-state index contributed by atoms with van der Waals surface area (Å²) in [4.78, 5) is 15.0. The van der Waals surface area contributed by atoms with Crippen LogP contribution < -0.4 is 20.5 Å². The smallest absolute Gasteiger partial charge is 0.312 e. The number of nitrogens with zero attached hydrogens (tertiary/aromatic N) is 3. The Morgan fingerprint density at radius 1 is 1.21 bits per heavy atom. The predicted octanol–water partition coefficient (Wildman–Crippen LogP) is 3.11. The molecule has 0 saturated carbocycles. The van der Waals surface area contributed by atoms with E-state index in [0.717, 1.165) is 22.6 Å². The zero-order valence-electron chi connectivity index (χ0n) is 16.8.